The molecule has 1 unspecified atom stereocenters. The monoisotopic (exact) mass is 532 g/mol. The van der Waals surface area contributed by atoms with Crippen molar-refractivity contribution in [1.82, 2.24) is 24.6 Å². The topological polar surface area (TPSA) is 129 Å². The summed E-state index contributed by atoms with van der Waals surface area (Å²) in [5.74, 6) is 0.576. The summed E-state index contributed by atoms with van der Waals surface area (Å²) in [6, 6.07) is 2.12. The number of hydrogen-bond acceptors (Lipinski definition) is 8. The highest BCUT2D eigenvalue weighted by atomic mass is 16.6. The van der Waals surface area contributed by atoms with E-state index in [0.29, 0.717) is 25.6 Å². The van der Waals surface area contributed by atoms with Crippen molar-refractivity contribution >= 4 is 12.0 Å². The fourth-order valence-corrected chi connectivity index (χ4v) is 4.33. The molecule has 214 valence electrons. The summed E-state index contributed by atoms with van der Waals surface area (Å²) in [7, 11) is 0. The average Bonchev–Trinajstić information content (AvgIpc) is 3.30. The number of aromatic nitrogens is 4. The van der Waals surface area contributed by atoms with Crippen LogP contribution < -0.4 is 5.73 Å². The largest absolute Gasteiger partial charge is 0.444 e. The summed E-state index contributed by atoms with van der Waals surface area (Å²) in [6.45, 7) is 17.3. The van der Waals surface area contributed by atoms with Crippen LogP contribution in [0.4, 0.5) is 10.7 Å². The van der Waals surface area contributed by atoms with E-state index in [4.69, 9.17) is 25.4 Å². The van der Waals surface area contributed by atoms with Crippen molar-refractivity contribution in [2.24, 2.45) is 0 Å². The number of piperidine rings is 1. The molecule has 10 heteroatoms. The fourth-order valence-electron chi connectivity index (χ4n) is 4.33. The van der Waals surface area contributed by atoms with E-state index >= 15 is 0 Å². The standard InChI is InChI=1S/C21H32N6O2.C5H10O2.C2H6/c1-6-9-27-17(18-14(2)13-23-19(22)24-18)12-16(25-27)15-7-10-26(11-8-15)20(28)29-21(3,4)5;6-5-2-1-3-7-4-5;1-2/h12-13,15H,6-11H2,1-5H3,(H2,22,23,24);5-6H,1-4H2;1-2H3. The van der Waals surface area contributed by atoms with E-state index in [1.165, 1.54) is 0 Å². The summed E-state index contributed by atoms with van der Waals surface area (Å²) in [5.41, 5.74) is 9.18. The summed E-state index contributed by atoms with van der Waals surface area (Å²) >= 11 is 0. The van der Waals surface area contributed by atoms with Gasteiger partial charge in [0, 0.05) is 38.4 Å². The number of nitrogens with two attached hydrogens (primary N) is 1. The molecule has 38 heavy (non-hydrogen) atoms. The van der Waals surface area contributed by atoms with Crippen LogP contribution in [0.15, 0.2) is 12.3 Å². The quantitative estimate of drug-likeness (QED) is 0.567. The number of aliphatic hydroxyl groups excluding tert-OH is 1. The second kappa shape index (κ2) is 15.0. The van der Waals surface area contributed by atoms with Gasteiger partial charge in [0.25, 0.3) is 0 Å². The zero-order valence-electron chi connectivity index (χ0n) is 24.4. The Balaban J connectivity index is 0.000000481. The average molecular weight is 533 g/mol. The number of nitrogen functional groups attached to an aromatic ring is 1. The van der Waals surface area contributed by atoms with Crippen LogP contribution in [-0.2, 0) is 16.0 Å². The molecule has 0 bridgehead atoms. The normalized spacial score (nSPS) is 18.1. The van der Waals surface area contributed by atoms with Crippen molar-refractivity contribution in [2.75, 3.05) is 32.0 Å². The maximum atomic E-state index is 12.3. The SMILES string of the molecule is CC.CCCn1nc(C2CCN(C(=O)OC(C)(C)C)CC2)cc1-c1nc(N)ncc1C.OC1CCCOC1. The first-order chi connectivity index (χ1) is 18.1. The third-order valence-electron chi connectivity index (χ3n) is 6.17. The summed E-state index contributed by atoms with van der Waals surface area (Å²) in [5, 5.41) is 13.7. The Hall–Kier alpha value is -2.72. The van der Waals surface area contributed by atoms with Gasteiger partial charge in [0.15, 0.2) is 0 Å². The van der Waals surface area contributed by atoms with Crippen LogP contribution in [0.3, 0.4) is 0 Å². The van der Waals surface area contributed by atoms with Gasteiger partial charge in [-0.25, -0.2) is 14.8 Å². The third kappa shape index (κ3) is 9.54. The van der Waals surface area contributed by atoms with Gasteiger partial charge in [-0.05, 0) is 71.4 Å². The van der Waals surface area contributed by atoms with E-state index in [1.807, 2.05) is 46.2 Å². The van der Waals surface area contributed by atoms with Crippen molar-refractivity contribution in [3.63, 3.8) is 0 Å². The lowest BCUT2D eigenvalue weighted by Crippen LogP contribution is -2.41. The van der Waals surface area contributed by atoms with E-state index in [-0.39, 0.29) is 18.1 Å². The lowest BCUT2D eigenvalue weighted by atomic mass is 9.93. The van der Waals surface area contributed by atoms with E-state index < -0.39 is 5.60 Å². The molecule has 0 saturated carbocycles. The molecule has 0 aromatic carbocycles. The molecule has 4 rings (SSSR count). The molecule has 2 aliphatic heterocycles. The van der Waals surface area contributed by atoms with Crippen LogP contribution in [0.25, 0.3) is 11.4 Å². The van der Waals surface area contributed by atoms with Gasteiger partial charge in [0.1, 0.15) is 5.60 Å². The van der Waals surface area contributed by atoms with Crippen LogP contribution in [-0.4, -0.2) is 73.9 Å². The summed E-state index contributed by atoms with van der Waals surface area (Å²) < 4.78 is 12.4. The Morgan fingerprint density at radius 2 is 1.92 bits per heavy atom. The molecule has 0 aliphatic carbocycles. The van der Waals surface area contributed by atoms with Gasteiger partial charge in [-0.3, -0.25) is 4.68 Å². The zero-order chi connectivity index (χ0) is 28.3. The number of nitrogens with zero attached hydrogens (tertiary/aromatic N) is 5. The van der Waals surface area contributed by atoms with Crippen LogP contribution in [0.2, 0.25) is 0 Å². The molecule has 2 fully saturated rings. The molecule has 3 N–H and O–H groups in total. The molecule has 1 atom stereocenters. The maximum absolute atomic E-state index is 12.3. The molecule has 10 nitrogen and oxygen atoms in total. The highest BCUT2D eigenvalue weighted by Gasteiger charge is 2.29. The van der Waals surface area contributed by atoms with Gasteiger partial charge in [0.05, 0.1) is 29.8 Å². The van der Waals surface area contributed by atoms with Crippen LogP contribution in [0.1, 0.15) is 90.8 Å². The Morgan fingerprint density at radius 1 is 1.24 bits per heavy atom. The molecule has 0 spiro atoms. The number of anilines is 1. The smallest absolute Gasteiger partial charge is 0.410 e. The predicted molar refractivity (Wildman–Crippen MR) is 150 cm³/mol. The van der Waals surface area contributed by atoms with Crippen molar-refractivity contribution in [2.45, 2.75) is 105 Å². The minimum absolute atomic E-state index is 0.186. The first-order valence-electron chi connectivity index (χ1n) is 14.0. The molecule has 2 aromatic rings. The third-order valence-corrected chi connectivity index (χ3v) is 6.17. The minimum Gasteiger partial charge on any atom is -0.444 e. The number of likely N-dealkylation sites (tertiary alicyclic amines) is 1. The molecular weight excluding hydrogens is 484 g/mol. The molecule has 4 heterocycles. The van der Waals surface area contributed by atoms with Crippen LogP contribution in [0, 0.1) is 6.92 Å². The highest BCUT2D eigenvalue weighted by molar-refractivity contribution is 5.68. The molecule has 2 aliphatic rings. The summed E-state index contributed by atoms with van der Waals surface area (Å²) in [6.07, 6.45) is 5.97. The number of rotatable bonds is 4. The number of ether oxygens (including phenoxy) is 2. The number of carbonyl (C=O) groups is 1. The molecule has 2 aromatic heterocycles. The lowest BCUT2D eigenvalue weighted by molar-refractivity contribution is -0.00535. The van der Waals surface area contributed by atoms with Crippen molar-refractivity contribution in [1.29, 1.82) is 0 Å². The van der Waals surface area contributed by atoms with E-state index in [1.54, 1.807) is 11.1 Å². The van der Waals surface area contributed by atoms with Gasteiger partial charge >= 0.3 is 6.09 Å². The van der Waals surface area contributed by atoms with Crippen molar-refractivity contribution < 1.29 is 19.4 Å². The number of hydrogen-bond donors (Lipinski definition) is 2. The molecule has 2 saturated heterocycles. The number of aryl methyl sites for hydroxylation is 2. The first-order valence-corrected chi connectivity index (χ1v) is 14.0. The van der Waals surface area contributed by atoms with E-state index in [0.717, 1.165) is 67.9 Å². The Bertz CT molecular complexity index is 990. The zero-order valence-corrected chi connectivity index (χ0v) is 24.4. The van der Waals surface area contributed by atoms with Crippen molar-refractivity contribution in [3.8, 4) is 11.4 Å². The van der Waals surface area contributed by atoms with Gasteiger partial charge < -0.3 is 25.2 Å². The van der Waals surface area contributed by atoms with Gasteiger partial charge in [-0.2, -0.15) is 5.10 Å². The first kappa shape index (κ1) is 31.5. The summed E-state index contributed by atoms with van der Waals surface area (Å²) in [4.78, 5) is 22.6. The maximum Gasteiger partial charge on any atom is 0.410 e. The Labute approximate surface area is 227 Å². The Kier molecular flexibility index (Phi) is 12.4. The van der Waals surface area contributed by atoms with E-state index in [2.05, 4.69) is 23.0 Å². The predicted octanol–water partition coefficient (Wildman–Crippen LogP) is 4.94. The van der Waals surface area contributed by atoms with Crippen LogP contribution >= 0.6 is 0 Å². The molecular formula is C28H48N6O4. The number of carbonyl (C=O) groups excluding carboxylic acids is 1. The fraction of sp³-hybridized carbons (Fsp3) is 0.714. The van der Waals surface area contributed by atoms with Gasteiger partial charge in [0.2, 0.25) is 5.95 Å². The molecule has 1 amide bonds. The number of amides is 1. The van der Waals surface area contributed by atoms with Gasteiger partial charge in [-0.1, -0.05) is 20.8 Å². The second-order valence-corrected chi connectivity index (χ2v) is 10.6. The van der Waals surface area contributed by atoms with E-state index in [9.17, 15) is 4.79 Å². The second-order valence-electron chi connectivity index (χ2n) is 10.6. The highest BCUT2D eigenvalue weighted by Crippen LogP contribution is 2.32. The molecule has 0 radical (unpaired) electrons. The Morgan fingerprint density at radius 3 is 2.45 bits per heavy atom. The minimum atomic E-state index is -0.473. The van der Waals surface area contributed by atoms with Crippen molar-refractivity contribution in [3.05, 3.63) is 23.5 Å². The van der Waals surface area contributed by atoms with Crippen LogP contribution in [0.5, 0.6) is 0 Å². The lowest BCUT2D eigenvalue weighted by Gasteiger charge is -2.32. The van der Waals surface area contributed by atoms with Gasteiger partial charge in [-0.15, -0.1) is 0 Å². The number of aliphatic hydroxyl groups is 1.